The monoisotopic (exact) mass is 237 g/mol. The number of hydrogen-bond acceptors (Lipinski definition) is 3. The number of rotatable bonds is 3. The standard InChI is InChI=1S/C13H19NOS/c1-9(2)15-12-6-4-11(5-7-12)13-14-10(3)8-16-13/h4-7,9-10,13-14H,8H2,1-3H3. The van der Waals surface area contributed by atoms with E-state index in [2.05, 4.69) is 36.5 Å². The second-order valence-corrected chi connectivity index (χ2v) is 5.65. The van der Waals surface area contributed by atoms with Crippen LogP contribution in [0.3, 0.4) is 0 Å². The zero-order chi connectivity index (χ0) is 11.5. The maximum Gasteiger partial charge on any atom is 0.119 e. The van der Waals surface area contributed by atoms with Crippen LogP contribution in [0.4, 0.5) is 0 Å². The van der Waals surface area contributed by atoms with Crippen LogP contribution in [0, 0.1) is 0 Å². The maximum absolute atomic E-state index is 5.63. The normalized spacial score (nSPS) is 25.0. The van der Waals surface area contributed by atoms with Crippen LogP contribution in [0.2, 0.25) is 0 Å². The molecular formula is C13H19NOS. The smallest absolute Gasteiger partial charge is 0.119 e. The highest BCUT2D eigenvalue weighted by Crippen LogP contribution is 2.33. The molecule has 1 saturated heterocycles. The van der Waals surface area contributed by atoms with Gasteiger partial charge in [-0.25, -0.2) is 0 Å². The molecule has 0 amide bonds. The van der Waals surface area contributed by atoms with Gasteiger partial charge < -0.3 is 4.74 Å². The Hall–Kier alpha value is -0.670. The van der Waals surface area contributed by atoms with Crippen molar-refractivity contribution in [3.05, 3.63) is 29.8 Å². The summed E-state index contributed by atoms with van der Waals surface area (Å²) in [5.74, 6) is 2.14. The fraction of sp³-hybridized carbons (Fsp3) is 0.538. The lowest BCUT2D eigenvalue weighted by atomic mass is 10.2. The van der Waals surface area contributed by atoms with Crippen LogP contribution in [-0.4, -0.2) is 17.9 Å². The summed E-state index contributed by atoms with van der Waals surface area (Å²) < 4.78 is 5.63. The number of nitrogens with one attached hydrogen (secondary N) is 1. The molecule has 0 aliphatic carbocycles. The third-order valence-corrected chi connectivity index (χ3v) is 3.94. The third kappa shape index (κ3) is 2.92. The third-order valence-electron chi connectivity index (χ3n) is 2.50. The molecule has 2 nitrogen and oxygen atoms in total. The quantitative estimate of drug-likeness (QED) is 0.872. The molecule has 1 aliphatic rings. The molecule has 0 saturated carbocycles. The van der Waals surface area contributed by atoms with E-state index in [0.29, 0.717) is 11.4 Å². The zero-order valence-corrected chi connectivity index (χ0v) is 10.9. The summed E-state index contributed by atoms with van der Waals surface area (Å²) in [6.07, 6.45) is 0.241. The van der Waals surface area contributed by atoms with Crippen molar-refractivity contribution in [2.24, 2.45) is 0 Å². The van der Waals surface area contributed by atoms with Crippen LogP contribution >= 0.6 is 11.8 Å². The predicted octanol–water partition coefficient (Wildman–Crippen LogP) is 3.20. The lowest BCUT2D eigenvalue weighted by Crippen LogP contribution is -2.21. The molecule has 2 rings (SSSR count). The van der Waals surface area contributed by atoms with Gasteiger partial charge in [0.25, 0.3) is 0 Å². The van der Waals surface area contributed by atoms with E-state index in [9.17, 15) is 0 Å². The van der Waals surface area contributed by atoms with Gasteiger partial charge >= 0.3 is 0 Å². The fourth-order valence-corrected chi connectivity index (χ4v) is 3.04. The summed E-state index contributed by atoms with van der Waals surface area (Å²) in [5, 5.41) is 4.00. The number of ether oxygens (including phenoxy) is 1. The Balaban J connectivity index is 2.02. The van der Waals surface area contributed by atoms with Crippen LogP contribution in [-0.2, 0) is 0 Å². The topological polar surface area (TPSA) is 21.3 Å². The van der Waals surface area contributed by atoms with E-state index in [1.165, 1.54) is 11.3 Å². The highest BCUT2D eigenvalue weighted by Gasteiger charge is 2.21. The first kappa shape index (κ1) is 11.8. The van der Waals surface area contributed by atoms with Crippen molar-refractivity contribution in [2.75, 3.05) is 5.75 Å². The van der Waals surface area contributed by atoms with E-state index < -0.39 is 0 Å². The summed E-state index contributed by atoms with van der Waals surface area (Å²) in [5.41, 5.74) is 1.34. The number of hydrogen-bond donors (Lipinski definition) is 1. The lowest BCUT2D eigenvalue weighted by molar-refractivity contribution is 0.242. The molecule has 1 aromatic rings. The van der Waals surface area contributed by atoms with Crippen LogP contribution in [0.15, 0.2) is 24.3 Å². The molecule has 1 aromatic carbocycles. The Morgan fingerprint density at radius 1 is 1.31 bits per heavy atom. The highest BCUT2D eigenvalue weighted by molar-refractivity contribution is 7.99. The van der Waals surface area contributed by atoms with E-state index in [1.54, 1.807) is 0 Å². The molecule has 1 aliphatic heterocycles. The summed E-state index contributed by atoms with van der Waals surface area (Å²) in [4.78, 5) is 0. The fourth-order valence-electron chi connectivity index (χ4n) is 1.78. The molecule has 1 heterocycles. The minimum atomic E-state index is 0.241. The van der Waals surface area contributed by atoms with Crippen molar-refractivity contribution in [1.29, 1.82) is 0 Å². The largest absolute Gasteiger partial charge is 0.491 e. The molecule has 88 valence electrons. The molecule has 16 heavy (non-hydrogen) atoms. The van der Waals surface area contributed by atoms with Gasteiger partial charge in [0.05, 0.1) is 11.5 Å². The Morgan fingerprint density at radius 2 is 2.00 bits per heavy atom. The summed E-state index contributed by atoms with van der Waals surface area (Å²) >= 11 is 1.97. The van der Waals surface area contributed by atoms with Gasteiger partial charge in [0.2, 0.25) is 0 Å². The van der Waals surface area contributed by atoms with E-state index in [0.717, 1.165) is 5.75 Å². The SMILES string of the molecule is CC1CSC(c2ccc(OC(C)C)cc2)N1. The van der Waals surface area contributed by atoms with Crippen molar-refractivity contribution in [3.8, 4) is 5.75 Å². The van der Waals surface area contributed by atoms with Crippen molar-refractivity contribution in [2.45, 2.75) is 38.3 Å². The van der Waals surface area contributed by atoms with Gasteiger partial charge in [0, 0.05) is 11.8 Å². The number of thioether (sulfide) groups is 1. The number of benzene rings is 1. The molecule has 1 fully saturated rings. The molecule has 0 radical (unpaired) electrons. The van der Waals surface area contributed by atoms with E-state index in [4.69, 9.17) is 4.74 Å². The van der Waals surface area contributed by atoms with E-state index in [1.807, 2.05) is 25.6 Å². The minimum absolute atomic E-state index is 0.241. The Kier molecular flexibility index (Phi) is 3.77. The Labute approximate surface area is 102 Å². The molecule has 0 aromatic heterocycles. The highest BCUT2D eigenvalue weighted by atomic mass is 32.2. The van der Waals surface area contributed by atoms with Gasteiger partial charge in [0.15, 0.2) is 0 Å². The second-order valence-electron chi connectivity index (χ2n) is 4.52. The predicted molar refractivity (Wildman–Crippen MR) is 70.0 cm³/mol. The molecular weight excluding hydrogens is 218 g/mol. The molecule has 2 unspecified atom stereocenters. The minimum Gasteiger partial charge on any atom is -0.491 e. The summed E-state index contributed by atoms with van der Waals surface area (Å²) in [6, 6.07) is 9.03. The van der Waals surface area contributed by atoms with E-state index in [-0.39, 0.29) is 6.10 Å². The zero-order valence-electron chi connectivity index (χ0n) is 10.1. The van der Waals surface area contributed by atoms with Crippen LogP contribution in [0.5, 0.6) is 5.75 Å². The van der Waals surface area contributed by atoms with Gasteiger partial charge in [-0.2, -0.15) is 0 Å². The van der Waals surface area contributed by atoms with Crippen LogP contribution < -0.4 is 10.1 Å². The molecule has 0 spiro atoms. The van der Waals surface area contributed by atoms with Crippen molar-refractivity contribution >= 4 is 11.8 Å². The second kappa shape index (κ2) is 5.11. The molecule has 2 atom stereocenters. The Bertz CT molecular complexity index is 336. The first-order valence-corrected chi connectivity index (χ1v) is 6.84. The molecule has 3 heteroatoms. The molecule has 0 bridgehead atoms. The van der Waals surface area contributed by atoms with Crippen molar-refractivity contribution < 1.29 is 4.74 Å². The maximum atomic E-state index is 5.63. The summed E-state index contributed by atoms with van der Waals surface area (Å²) in [6.45, 7) is 6.32. The molecule has 1 N–H and O–H groups in total. The van der Waals surface area contributed by atoms with Gasteiger partial charge in [-0.3, -0.25) is 5.32 Å². The first-order chi connectivity index (χ1) is 7.65. The average Bonchev–Trinajstić information content (AvgIpc) is 2.65. The lowest BCUT2D eigenvalue weighted by Gasteiger charge is -2.13. The van der Waals surface area contributed by atoms with Crippen LogP contribution in [0.25, 0.3) is 0 Å². The summed E-state index contributed by atoms with van der Waals surface area (Å²) in [7, 11) is 0. The van der Waals surface area contributed by atoms with Gasteiger partial charge in [-0.1, -0.05) is 12.1 Å². The Morgan fingerprint density at radius 3 is 2.50 bits per heavy atom. The van der Waals surface area contributed by atoms with Gasteiger partial charge in [-0.05, 0) is 38.5 Å². The van der Waals surface area contributed by atoms with E-state index >= 15 is 0 Å². The van der Waals surface area contributed by atoms with Gasteiger partial charge in [-0.15, -0.1) is 11.8 Å². The van der Waals surface area contributed by atoms with Crippen molar-refractivity contribution in [1.82, 2.24) is 5.32 Å². The van der Waals surface area contributed by atoms with Crippen molar-refractivity contribution in [3.63, 3.8) is 0 Å². The first-order valence-electron chi connectivity index (χ1n) is 5.79. The average molecular weight is 237 g/mol. The van der Waals surface area contributed by atoms with Crippen LogP contribution in [0.1, 0.15) is 31.7 Å². The van der Waals surface area contributed by atoms with Gasteiger partial charge in [0.1, 0.15) is 5.75 Å².